The third kappa shape index (κ3) is 4.32. The van der Waals surface area contributed by atoms with Gasteiger partial charge in [0.25, 0.3) is 5.91 Å². The van der Waals surface area contributed by atoms with Crippen LogP contribution in [0.4, 0.5) is 4.39 Å². The first kappa shape index (κ1) is 14.5. The van der Waals surface area contributed by atoms with Crippen LogP contribution in [0.3, 0.4) is 0 Å². The summed E-state index contributed by atoms with van der Waals surface area (Å²) >= 11 is 0. The zero-order chi connectivity index (χ0) is 15.1. The summed E-state index contributed by atoms with van der Waals surface area (Å²) < 4.78 is 18.7. The van der Waals surface area contributed by atoms with E-state index in [4.69, 9.17) is 4.74 Å². The fourth-order valence-electron chi connectivity index (χ4n) is 1.63. The number of ether oxygens (including phenoxy) is 1. The molecule has 0 atom stereocenters. The third-order valence-corrected chi connectivity index (χ3v) is 2.54. The maximum absolute atomic E-state index is 13.1. The number of carbonyl (C=O) groups excluding carboxylic acids is 1. The monoisotopic (exact) mass is 284 g/mol. The highest BCUT2D eigenvalue weighted by atomic mass is 19.1. The molecule has 106 valence electrons. The molecule has 5 heteroatoms. The number of amides is 1. The molecule has 0 aliphatic rings. The Balaban J connectivity index is 2.12. The van der Waals surface area contributed by atoms with Crippen LogP contribution in [0, 0.1) is 17.7 Å². The molecule has 1 heterocycles. The van der Waals surface area contributed by atoms with E-state index in [0.29, 0.717) is 17.2 Å². The molecule has 21 heavy (non-hydrogen) atoms. The van der Waals surface area contributed by atoms with Gasteiger partial charge < -0.3 is 10.1 Å². The first-order chi connectivity index (χ1) is 10.2. The van der Waals surface area contributed by atoms with E-state index in [0.717, 1.165) is 0 Å². The van der Waals surface area contributed by atoms with E-state index in [2.05, 4.69) is 22.1 Å². The number of hydrogen-bond donors (Lipinski definition) is 1. The van der Waals surface area contributed by atoms with Crippen molar-refractivity contribution in [3.05, 3.63) is 54.0 Å². The summed E-state index contributed by atoms with van der Waals surface area (Å²) in [7, 11) is 0. The minimum absolute atomic E-state index is 0.228. The number of halogens is 1. The molecule has 1 amide bonds. The lowest BCUT2D eigenvalue weighted by Gasteiger charge is -2.09. The van der Waals surface area contributed by atoms with Crippen molar-refractivity contribution in [3.8, 4) is 23.5 Å². The average molecular weight is 284 g/mol. The number of nitrogens with zero attached hydrogens (tertiary/aromatic N) is 1. The number of pyridine rings is 1. The second kappa shape index (κ2) is 7.06. The molecule has 2 rings (SSSR count). The highest BCUT2D eigenvalue weighted by molar-refractivity contribution is 5.93. The molecule has 0 saturated heterocycles. The van der Waals surface area contributed by atoms with Crippen molar-refractivity contribution in [1.29, 1.82) is 0 Å². The van der Waals surface area contributed by atoms with E-state index in [-0.39, 0.29) is 12.5 Å². The van der Waals surface area contributed by atoms with Gasteiger partial charge in [0.05, 0.1) is 0 Å². The van der Waals surface area contributed by atoms with Gasteiger partial charge >= 0.3 is 0 Å². The van der Waals surface area contributed by atoms with Gasteiger partial charge in [-0.15, -0.1) is 0 Å². The van der Waals surface area contributed by atoms with E-state index >= 15 is 0 Å². The molecule has 1 N–H and O–H groups in total. The van der Waals surface area contributed by atoms with Crippen LogP contribution in [0.5, 0.6) is 11.6 Å². The van der Waals surface area contributed by atoms with Crippen LogP contribution in [0.2, 0.25) is 0 Å². The van der Waals surface area contributed by atoms with Gasteiger partial charge in [0, 0.05) is 24.4 Å². The van der Waals surface area contributed by atoms with Crippen molar-refractivity contribution in [2.75, 3.05) is 0 Å². The molecular weight excluding hydrogens is 271 g/mol. The molecule has 2 aromatic rings. The molecule has 1 aromatic heterocycles. The summed E-state index contributed by atoms with van der Waals surface area (Å²) in [5.41, 5.74) is 0.674. The second-order valence-electron chi connectivity index (χ2n) is 4.08. The first-order valence-electron chi connectivity index (χ1n) is 6.27. The number of aromatic nitrogens is 1. The Kier molecular flexibility index (Phi) is 4.89. The predicted octanol–water partition coefficient (Wildman–Crippen LogP) is 2.65. The molecule has 0 aliphatic heterocycles. The molecule has 0 bridgehead atoms. The van der Waals surface area contributed by atoms with Gasteiger partial charge in [-0.3, -0.25) is 4.79 Å². The summed E-state index contributed by atoms with van der Waals surface area (Å²) in [5.74, 6) is 4.78. The van der Waals surface area contributed by atoms with Gasteiger partial charge in [-0.25, -0.2) is 9.37 Å². The quantitative estimate of drug-likeness (QED) is 0.878. The molecule has 0 spiro atoms. The van der Waals surface area contributed by atoms with Crippen LogP contribution in [-0.4, -0.2) is 10.9 Å². The maximum Gasteiger partial charge on any atom is 0.296 e. The summed E-state index contributed by atoms with van der Waals surface area (Å²) in [4.78, 5) is 15.4. The molecule has 4 nitrogen and oxygen atoms in total. The third-order valence-electron chi connectivity index (χ3n) is 2.54. The van der Waals surface area contributed by atoms with Gasteiger partial charge in [0.2, 0.25) is 5.88 Å². The fraction of sp³-hybridized carbons (Fsp3) is 0.125. The second-order valence-corrected chi connectivity index (χ2v) is 4.08. The lowest BCUT2D eigenvalue weighted by molar-refractivity contribution is -0.115. The summed E-state index contributed by atoms with van der Waals surface area (Å²) in [5, 5.41) is 2.63. The Morgan fingerprint density at radius 3 is 3.00 bits per heavy atom. The SMILES string of the molecule is CC#CC(=O)NCc1cccnc1Oc1cccc(F)c1. The Morgan fingerprint density at radius 1 is 1.38 bits per heavy atom. The minimum atomic E-state index is -0.392. The Morgan fingerprint density at radius 2 is 2.24 bits per heavy atom. The highest BCUT2D eigenvalue weighted by Crippen LogP contribution is 2.23. The van der Waals surface area contributed by atoms with Crippen LogP contribution < -0.4 is 10.1 Å². The van der Waals surface area contributed by atoms with Crippen LogP contribution in [0.25, 0.3) is 0 Å². The number of rotatable bonds is 4. The summed E-state index contributed by atoms with van der Waals surface area (Å²) in [6.07, 6.45) is 1.56. The van der Waals surface area contributed by atoms with Crippen LogP contribution in [0.1, 0.15) is 12.5 Å². The lowest BCUT2D eigenvalue weighted by Crippen LogP contribution is -2.21. The van der Waals surface area contributed by atoms with E-state index in [1.807, 2.05) is 0 Å². The van der Waals surface area contributed by atoms with Crippen LogP contribution >= 0.6 is 0 Å². The largest absolute Gasteiger partial charge is 0.439 e. The molecule has 0 radical (unpaired) electrons. The van der Waals surface area contributed by atoms with E-state index in [1.165, 1.54) is 12.1 Å². The van der Waals surface area contributed by atoms with Crippen molar-refractivity contribution in [2.45, 2.75) is 13.5 Å². The van der Waals surface area contributed by atoms with Gasteiger partial charge in [-0.2, -0.15) is 0 Å². The topological polar surface area (TPSA) is 51.2 Å². The molecule has 0 unspecified atom stereocenters. The average Bonchev–Trinajstić information content (AvgIpc) is 2.47. The minimum Gasteiger partial charge on any atom is -0.439 e. The normalized spacial score (nSPS) is 9.43. The van der Waals surface area contributed by atoms with Gasteiger partial charge in [0.1, 0.15) is 11.6 Å². The first-order valence-corrected chi connectivity index (χ1v) is 6.27. The number of benzene rings is 1. The zero-order valence-electron chi connectivity index (χ0n) is 11.4. The Bertz CT molecular complexity index is 705. The number of nitrogens with one attached hydrogen (secondary N) is 1. The van der Waals surface area contributed by atoms with Crippen molar-refractivity contribution in [2.24, 2.45) is 0 Å². The molecule has 1 aromatic carbocycles. The Hall–Kier alpha value is -2.87. The van der Waals surface area contributed by atoms with E-state index in [1.54, 1.807) is 37.4 Å². The smallest absolute Gasteiger partial charge is 0.296 e. The summed E-state index contributed by atoms with van der Waals surface area (Å²) in [6.45, 7) is 1.81. The predicted molar refractivity (Wildman–Crippen MR) is 76.0 cm³/mol. The fourth-order valence-corrected chi connectivity index (χ4v) is 1.63. The molecule has 0 aliphatic carbocycles. The van der Waals surface area contributed by atoms with Crippen LogP contribution in [-0.2, 0) is 11.3 Å². The molecule has 0 saturated carbocycles. The van der Waals surface area contributed by atoms with Crippen molar-refractivity contribution in [3.63, 3.8) is 0 Å². The lowest BCUT2D eigenvalue weighted by atomic mass is 10.2. The van der Waals surface area contributed by atoms with Gasteiger partial charge in [0.15, 0.2) is 0 Å². The standard InChI is InChI=1S/C16H13FN2O2/c1-2-5-15(20)19-11-12-6-4-9-18-16(12)21-14-8-3-7-13(17)10-14/h3-4,6-10H,11H2,1H3,(H,19,20). The zero-order valence-corrected chi connectivity index (χ0v) is 11.4. The number of carbonyl (C=O) groups is 1. The van der Waals surface area contributed by atoms with Crippen molar-refractivity contribution >= 4 is 5.91 Å². The van der Waals surface area contributed by atoms with Crippen molar-refractivity contribution < 1.29 is 13.9 Å². The Labute approximate surface area is 122 Å². The van der Waals surface area contributed by atoms with Crippen LogP contribution in [0.15, 0.2) is 42.6 Å². The molecular formula is C16H13FN2O2. The van der Waals surface area contributed by atoms with E-state index < -0.39 is 5.82 Å². The number of hydrogen-bond acceptors (Lipinski definition) is 3. The summed E-state index contributed by atoms with van der Waals surface area (Å²) in [6, 6.07) is 9.26. The van der Waals surface area contributed by atoms with Gasteiger partial charge in [-0.05, 0) is 31.0 Å². The molecule has 0 fully saturated rings. The van der Waals surface area contributed by atoms with Crippen molar-refractivity contribution in [1.82, 2.24) is 10.3 Å². The maximum atomic E-state index is 13.1. The van der Waals surface area contributed by atoms with E-state index in [9.17, 15) is 9.18 Å². The van der Waals surface area contributed by atoms with Gasteiger partial charge in [-0.1, -0.05) is 18.1 Å². The highest BCUT2D eigenvalue weighted by Gasteiger charge is 2.07.